The van der Waals surface area contributed by atoms with E-state index in [9.17, 15) is 8.42 Å². The maximum atomic E-state index is 11.6. The van der Waals surface area contributed by atoms with E-state index in [0.717, 1.165) is 11.4 Å². The highest BCUT2D eigenvalue weighted by molar-refractivity contribution is 7.91. The Morgan fingerprint density at radius 3 is 2.78 bits per heavy atom. The lowest BCUT2D eigenvalue weighted by molar-refractivity contribution is 0.355. The minimum Gasteiger partial charge on any atom is -0.493 e. The van der Waals surface area contributed by atoms with Gasteiger partial charge in [-0.1, -0.05) is 6.07 Å². The normalized spacial score (nSPS) is 19.7. The summed E-state index contributed by atoms with van der Waals surface area (Å²) in [4.78, 5) is 4.43. The van der Waals surface area contributed by atoms with Crippen molar-refractivity contribution < 1.29 is 17.9 Å². The fourth-order valence-electron chi connectivity index (χ4n) is 3.06. The fraction of sp³-hybridized carbons (Fsp3) is 0.438. The molecule has 0 bridgehead atoms. The van der Waals surface area contributed by atoms with Crippen molar-refractivity contribution >= 4 is 9.84 Å². The number of methoxy groups -OCH3 is 2. The van der Waals surface area contributed by atoms with E-state index in [0.29, 0.717) is 24.5 Å². The summed E-state index contributed by atoms with van der Waals surface area (Å²) in [5, 5.41) is 0. The molecule has 6 nitrogen and oxygen atoms in total. The van der Waals surface area contributed by atoms with Crippen LogP contribution in [0.25, 0.3) is 11.4 Å². The third kappa shape index (κ3) is 3.19. The van der Waals surface area contributed by atoms with Gasteiger partial charge in [0, 0.05) is 18.9 Å². The number of sulfone groups is 1. The molecule has 124 valence electrons. The molecular formula is C16H20N2O4S. The molecule has 0 aliphatic carbocycles. The van der Waals surface area contributed by atoms with Crippen LogP contribution < -0.4 is 9.47 Å². The van der Waals surface area contributed by atoms with Crippen molar-refractivity contribution in [1.82, 2.24) is 9.55 Å². The molecule has 23 heavy (non-hydrogen) atoms. The third-order valence-corrected chi connectivity index (χ3v) is 5.98. The topological polar surface area (TPSA) is 70.4 Å². The number of benzene rings is 1. The molecule has 1 atom stereocenters. The van der Waals surface area contributed by atoms with E-state index in [1.807, 2.05) is 29.0 Å². The molecule has 7 heteroatoms. The summed E-state index contributed by atoms with van der Waals surface area (Å²) in [6.45, 7) is 0.634. The van der Waals surface area contributed by atoms with Gasteiger partial charge in [0.25, 0.3) is 0 Å². The summed E-state index contributed by atoms with van der Waals surface area (Å²) in [5.41, 5.74) is 0.831. The number of imidazole rings is 1. The Bertz CT molecular complexity index is 798. The molecule has 0 radical (unpaired) electrons. The highest BCUT2D eigenvalue weighted by atomic mass is 32.2. The Morgan fingerprint density at radius 1 is 1.30 bits per heavy atom. The van der Waals surface area contributed by atoms with Crippen LogP contribution in [0.5, 0.6) is 11.5 Å². The number of hydrogen-bond donors (Lipinski definition) is 0. The molecule has 3 rings (SSSR count). The first-order valence-electron chi connectivity index (χ1n) is 7.47. The monoisotopic (exact) mass is 336 g/mol. The van der Waals surface area contributed by atoms with Gasteiger partial charge < -0.3 is 14.0 Å². The van der Waals surface area contributed by atoms with Crippen LogP contribution in [-0.4, -0.2) is 43.7 Å². The predicted octanol–water partition coefficient (Wildman–Crippen LogP) is 2.00. The maximum Gasteiger partial charge on any atom is 0.171 e. The number of hydrogen-bond acceptors (Lipinski definition) is 5. The van der Waals surface area contributed by atoms with Crippen LogP contribution in [-0.2, 0) is 16.4 Å². The van der Waals surface area contributed by atoms with Crippen LogP contribution in [0.4, 0.5) is 0 Å². The Morgan fingerprint density at radius 2 is 2.13 bits per heavy atom. The average molecular weight is 336 g/mol. The molecule has 1 aromatic heterocycles. The highest BCUT2D eigenvalue weighted by Crippen LogP contribution is 2.37. The van der Waals surface area contributed by atoms with Crippen molar-refractivity contribution in [2.75, 3.05) is 25.7 Å². The lowest BCUT2D eigenvalue weighted by Crippen LogP contribution is -2.13. The predicted molar refractivity (Wildman–Crippen MR) is 87.5 cm³/mol. The fourth-order valence-corrected chi connectivity index (χ4v) is 4.91. The molecule has 0 N–H and O–H groups in total. The minimum atomic E-state index is -2.88. The first kappa shape index (κ1) is 15.9. The van der Waals surface area contributed by atoms with E-state index in [1.54, 1.807) is 20.4 Å². The Hall–Kier alpha value is -2.02. The minimum absolute atomic E-state index is 0.129. The summed E-state index contributed by atoms with van der Waals surface area (Å²) < 4.78 is 36.1. The van der Waals surface area contributed by atoms with Crippen molar-refractivity contribution in [3.05, 3.63) is 30.6 Å². The maximum absolute atomic E-state index is 11.6. The highest BCUT2D eigenvalue weighted by Gasteiger charge is 2.28. The molecule has 1 aliphatic heterocycles. The Balaban J connectivity index is 1.93. The van der Waals surface area contributed by atoms with Crippen LogP contribution in [0.2, 0.25) is 0 Å². The smallest absolute Gasteiger partial charge is 0.171 e. The zero-order valence-corrected chi connectivity index (χ0v) is 14.0. The molecule has 0 saturated carbocycles. The second-order valence-corrected chi connectivity index (χ2v) is 7.94. The molecule has 1 saturated heterocycles. The van der Waals surface area contributed by atoms with Crippen LogP contribution in [0.15, 0.2) is 30.6 Å². The van der Waals surface area contributed by atoms with Gasteiger partial charge in [0.15, 0.2) is 21.3 Å². The van der Waals surface area contributed by atoms with E-state index >= 15 is 0 Å². The second kappa shape index (κ2) is 6.23. The lowest BCUT2D eigenvalue weighted by atomic mass is 10.1. The third-order valence-electron chi connectivity index (χ3n) is 4.14. The largest absolute Gasteiger partial charge is 0.493 e. The van der Waals surface area contributed by atoms with Crippen molar-refractivity contribution in [1.29, 1.82) is 0 Å². The summed E-state index contributed by atoms with van der Waals surface area (Å²) >= 11 is 0. The summed E-state index contributed by atoms with van der Waals surface area (Å²) in [7, 11) is 0.312. The van der Waals surface area contributed by atoms with Gasteiger partial charge in [-0.15, -0.1) is 0 Å². The van der Waals surface area contributed by atoms with Crippen LogP contribution in [0.1, 0.15) is 6.42 Å². The molecule has 2 heterocycles. The van der Waals surface area contributed by atoms with Crippen molar-refractivity contribution in [3.8, 4) is 22.9 Å². The van der Waals surface area contributed by atoms with Crippen molar-refractivity contribution in [2.45, 2.75) is 13.0 Å². The van der Waals surface area contributed by atoms with E-state index in [4.69, 9.17) is 9.47 Å². The van der Waals surface area contributed by atoms with Gasteiger partial charge >= 0.3 is 0 Å². The summed E-state index contributed by atoms with van der Waals surface area (Å²) in [6, 6.07) is 5.64. The average Bonchev–Trinajstić information content (AvgIpc) is 3.12. The van der Waals surface area contributed by atoms with Crippen LogP contribution in [0, 0.1) is 5.92 Å². The second-order valence-electron chi connectivity index (χ2n) is 5.71. The van der Waals surface area contributed by atoms with Gasteiger partial charge in [0.2, 0.25) is 0 Å². The van der Waals surface area contributed by atoms with Gasteiger partial charge in [-0.25, -0.2) is 13.4 Å². The standard InChI is InChI=1S/C16H20N2O4S/c1-21-14-5-3-4-13(15(14)22-2)16-17-7-8-18(16)10-12-6-9-23(19,20)11-12/h3-5,7-8,12H,6,9-11H2,1-2H3. The molecule has 1 unspecified atom stereocenters. The molecule has 1 aromatic carbocycles. The van der Waals surface area contributed by atoms with Crippen LogP contribution in [0.3, 0.4) is 0 Å². The lowest BCUT2D eigenvalue weighted by Gasteiger charge is -2.15. The molecular weight excluding hydrogens is 316 g/mol. The summed E-state index contributed by atoms with van der Waals surface area (Å²) in [5.74, 6) is 2.68. The zero-order chi connectivity index (χ0) is 16.4. The number of ether oxygens (including phenoxy) is 2. The van der Waals surface area contributed by atoms with Crippen molar-refractivity contribution in [3.63, 3.8) is 0 Å². The van der Waals surface area contributed by atoms with E-state index < -0.39 is 9.84 Å². The van der Waals surface area contributed by atoms with Crippen LogP contribution >= 0.6 is 0 Å². The van der Waals surface area contributed by atoms with Gasteiger partial charge in [-0.3, -0.25) is 0 Å². The number of rotatable bonds is 5. The Kier molecular flexibility index (Phi) is 4.30. The molecule has 1 aliphatic rings. The van der Waals surface area contributed by atoms with Gasteiger partial charge in [-0.2, -0.15) is 0 Å². The molecule has 1 fully saturated rings. The van der Waals surface area contributed by atoms with Gasteiger partial charge in [0.05, 0.1) is 31.3 Å². The molecule has 2 aromatic rings. The number of para-hydroxylation sites is 1. The van der Waals surface area contributed by atoms with Gasteiger partial charge in [0.1, 0.15) is 5.82 Å². The van der Waals surface area contributed by atoms with Crippen molar-refractivity contribution in [2.24, 2.45) is 5.92 Å². The first-order chi connectivity index (χ1) is 11.0. The number of nitrogens with zero attached hydrogens (tertiary/aromatic N) is 2. The van der Waals surface area contributed by atoms with Gasteiger partial charge in [-0.05, 0) is 24.5 Å². The first-order valence-corrected chi connectivity index (χ1v) is 9.29. The zero-order valence-electron chi connectivity index (χ0n) is 13.2. The molecule has 0 spiro atoms. The van der Waals surface area contributed by atoms with E-state index in [-0.39, 0.29) is 17.4 Å². The quantitative estimate of drug-likeness (QED) is 0.835. The number of aromatic nitrogens is 2. The SMILES string of the molecule is COc1cccc(-c2nccn2CC2CCS(=O)(=O)C2)c1OC. The van der Waals surface area contributed by atoms with E-state index in [2.05, 4.69) is 4.98 Å². The Labute approximate surface area is 136 Å². The molecule has 0 amide bonds. The summed E-state index contributed by atoms with van der Waals surface area (Å²) in [6.07, 6.45) is 4.30. The van der Waals surface area contributed by atoms with E-state index in [1.165, 1.54) is 0 Å².